The van der Waals surface area contributed by atoms with E-state index in [0.29, 0.717) is 75.3 Å². The maximum Gasteiger partial charge on any atom is 0.313 e. The van der Waals surface area contributed by atoms with Crippen molar-refractivity contribution in [1.29, 1.82) is 0 Å². The molecule has 6 fully saturated rings. The number of fused-ring (bicyclic) bond motifs is 12. The smallest absolute Gasteiger partial charge is 0.313 e. The van der Waals surface area contributed by atoms with Gasteiger partial charge < -0.3 is 19.8 Å². The molecule has 0 radical (unpaired) electrons. The summed E-state index contributed by atoms with van der Waals surface area (Å²) in [5.74, 6) is -0.148. The maximum absolute atomic E-state index is 15.5. The number of carbonyl (C=O) groups is 3. The van der Waals surface area contributed by atoms with Gasteiger partial charge in [0.2, 0.25) is 0 Å². The molecule has 5 saturated carbocycles. The molecule has 1 aliphatic heterocycles. The number of aliphatic hydroxyl groups is 2. The van der Waals surface area contributed by atoms with Gasteiger partial charge >= 0.3 is 5.97 Å². The van der Waals surface area contributed by atoms with E-state index in [4.69, 9.17) is 16.3 Å². The summed E-state index contributed by atoms with van der Waals surface area (Å²) in [6, 6.07) is 10.3. The normalized spacial score (nSPS) is 36.9. The number of amides is 1. The number of rotatable bonds is 8. The Labute approximate surface area is 355 Å². The van der Waals surface area contributed by atoms with Gasteiger partial charge in [0.05, 0.1) is 23.7 Å². The summed E-state index contributed by atoms with van der Waals surface area (Å²) < 4.78 is 21.4. The van der Waals surface area contributed by atoms with Crippen LogP contribution in [0.15, 0.2) is 48.0 Å². The van der Waals surface area contributed by atoms with Crippen LogP contribution in [-0.4, -0.2) is 63.2 Å². The van der Waals surface area contributed by atoms with Crippen molar-refractivity contribution in [2.45, 2.75) is 155 Å². The van der Waals surface area contributed by atoms with Gasteiger partial charge in [0, 0.05) is 39.9 Å². The van der Waals surface area contributed by atoms with Crippen LogP contribution in [0.5, 0.6) is 0 Å². The summed E-state index contributed by atoms with van der Waals surface area (Å²) in [6.07, 6.45) is 9.65. The highest BCUT2D eigenvalue weighted by Gasteiger charge is 2.76. The minimum atomic E-state index is -1.35. The fraction of sp³-hybridized carbons (Fsp3) is 0.660. The van der Waals surface area contributed by atoms with Crippen molar-refractivity contribution in [3.8, 4) is 0 Å². The number of Topliss-reactive ketones (excluding diaryl/α,β-unsaturated/α-hetero) is 1. The van der Waals surface area contributed by atoms with Gasteiger partial charge in [0.25, 0.3) is 5.91 Å². The van der Waals surface area contributed by atoms with E-state index in [1.54, 1.807) is 6.07 Å². The zero-order valence-electron chi connectivity index (χ0n) is 36.3. The Morgan fingerprint density at radius 1 is 0.983 bits per heavy atom. The first-order valence-corrected chi connectivity index (χ1v) is 22.7. The van der Waals surface area contributed by atoms with Crippen LogP contribution in [0.1, 0.15) is 152 Å². The summed E-state index contributed by atoms with van der Waals surface area (Å²) in [4.78, 5) is 45.5. The Kier molecular flexibility index (Phi) is 10.7. The Morgan fingerprint density at radius 3 is 2.41 bits per heavy atom. The second-order valence-corrected chi connectivity index (χ2v) is 21.7. The Morgan fingerprint density at radius 2 is 1.75 bits per heavy atom. The third kappa shape index (κ3) is 6.58. The largest absolute Gasteiger partial charge is 0.448 e. The highest BCUT2D eigenvalue weighted by atomic mass is 35.5. The van der Waals surface area contributed by atoms with Crippen molar-refractivity contribution in [3.05, 3.63) is 81.1 Å². The lowest BCUT2D eigenvalue weighted by molar-refractivity contribution is -0.181. The molecule has 2 aromatic rings. The van der Waals surface area contributed by atoms with Crippen molar-refractivity contribution >= 4 is 29.3 Å². The quantitative estimate of drug-likeness (QED) is 0.156. The molecule has 320 valence electrons. The predicted molar refractivity (Wildman–Crippen MR) is 227 cm³/mol. The fourth-order valence-electron chi connectivity index (χ4n) is 13.2. The first-order chi connectivity index (χ1) is 27.7. The number of hydrogen-bond donors (Lipinski definition) is 2. The molecule has 1 heterocycles. The van der Waals surface area contributed by atoms with E-state index in [9.17, 15) is 19.8 Å². The molecule has 59 heavy (non-hydrogen) atoms. The number of halogens is 2. The van der Waals surface area contributed by atoms with E-state index >= 15 is 9.18 Å². The van der Waals surface area contributed by atoms with Gasteiger partial charge in [-0.3, -0.25) is 14.4 Å². The lowest BCUT2D eigenvalue weighted by atomic mass is 9.45. The van der Waals surface area contributed by atoms with E-state index in [0.717, 1.165) is 36.8 Å². The third-order valence-electron chi connectivity index (χ3n) is 18.0. The zero-order chi connectivity index (χ0) is 42.5. The van der Waals surface area contributed by atoms with E-state index in [1.807, 2.05) is 43.9 Å². The minimum absolute atomic E-state index is 0.0963. The molecule has 7 aliphatic carbocycles. The van der Waals surface area contributed by atoms with Crippen molar-refractivity contribution in [2.24, 2.45) is 39.4 Å². The summed E-state index contributed by atoms with van der Waals surface area (Å²) in [7, 11) is 0. The van der Waals surface area contributed by atoms with Gasteiger partial charge in [-0.2, -0.15) is 0 Å². The number of aliphatic hydroxyl groups excluding tert-OH is 1. The summed E-state index contributed by atoms with van der Waals surface area (Å²) in [5.41, 5.74) is -1.37. The third-order valence-corrected chi connectivity index (χ3v) is 18.3. The molecule has 7 nitrogen and oxygen atoms in total. The SMILES string of the molecule is CC1=CCCC2(C)C(CCC2(O)CN(CC2CCC3CC2C3(C)C)C(=O)C23CCC(C)(C(=O)O2)C3(C)C)c2ccc(cc2C(=O)Cc2c(F)cccc2Cl)CC(O)CC1. The van der Waals surface area contributed by atoms with E-state index in [-0.39, 0.29) is 58.5 Å². The summed E-state index contributed by atoms with van der Waals surface area (Å²) in [6.45, 7) is 15.5. The minimum Gasteiger partial charge on any atom is -0.448 e. The van der Waals surface area contributed by atoms with Gasteiger partial charge in [0.1, 0.15) is 5.82 Å². The molecular formula is C50H65ClFNO6. The number of ether oxygens (including phenoxy) is 1. The molecule has 2 aromatic carbocycles. The maximum atomic E-state index is 15.5. The topological polar surface area (TPSA) is 104 Å². The Hall–Kier alpha value is -3.07. The van der Waals surface area contributed by atoms with Crippen LogP contribution in [0.25, 0.3) is 0 Å². The van der Waals surface area contributed by atoms with Crippen LogP contribution >= 0.6 is 11.6 Å². The molecular weight excluding hydrogens is 765 g/mol. The molecule has 9 heteroatoms. The first kappa shape index (κ1) is 42.6. The van der Waals surface area contributed by atoms with Gasteiger partial charge in [-0.25, -0.2) is 4.39 Å². The standard InChI is InChI=1S/C50H65ClFNO6/c1-30-10-9-20-47(6)38(35-18-14-31(24-34(54)17-13-30)25-36(35)42(55)27-37-40(51)11-8-12-41(37)52)19-21-49(47,58)29-53(28-32-15-16-33-26-39(32)45(33,2)3)43(56)50-23-22-48(7,44(57)59-50)46(50,4)5/h8,10-12,14,18,25,32-34,38-39,54,58H,9,13,15-17,19-24,26-29H2,1-7H3. The second-order valence-electron chi connectivity index (χ2n) is 21.3. The van der Waals surface area contributed by atoms with Crippen LogP contribution < -0.4 is 0 Å². The first-order valence-electron chi connectivity index (χ1n) is 22.4. The molecule has 6 bridgehead atoms. The lowest BCUT2D eigenvalue weighted by Crippen LogP contribution is -2.62. The highest BCUT2D eigenvalue weighted by molar-refractivity contribution is 6.31. The number of benzene rings is 2. The predicted octanol–water partition coefficient (Wildman–Crippen LogP) is 9.97. The molecule has 1 amide bonds. The number of hydrogen-bond acceptors (Lipinski definition) is 6. The number of nitrogens with zero attached hydrogens (tertiary/aromatic N) is 1. The second kappa shape index (κ2) is 14.8. The summed E-state index contributed by atoms with van der Waals surface area (Å²) in [5, 5.41) is 24.8. The molecule has 9 unspecified atom stereocenters. The molecule has 9 atom stereocenters. The van der Waals surface area contributed by atoms with Gasteiger partial charge in [-0.15, -0.1) is 0 Å². The number of allylic oxidation sites excluding steroid dienone is 2. The van der Waals surface area contributed by atoms with Crippen molar-refractivity contribution < 1.29 is 33.7 Å². The number of esters is 1. The number of ketones is 1. The molecule has 2 N–H and O–H groups in total. The van der Waals surface area contributed by atoms with Crippen molar-refractivity contribution in [3.63, 3.8) is 0 Å². The average molecular weight is 831 g/mol. The van der Waals surface area contributed by atoms with E-state index in [2.05, 4.69) is 33.8 Å². The van der Waals surface area contributed by atoms with Crippen molar-refractivity contribution in [2.75, 3.05) is 13.1 Å². The van der Waals surface area contributed by atoms with E-state index in [1.165, 1.54) is 17.7 Å². The van der Waals surface area contributed by atoms with Crippen LogP contribution in [0, 0.1) is 45.2 Å². The molecule has 8 aliphatic rings. The van der Waals surface area contributed by atoms with Gasteiger partial charge in [-0.1, -0.05) is 76.1 Å². The molecule has 1 saturated heterocycles. The Bertz CT molecular complexity index is 2060. The average Bonchev–Trinajstić information content (AvgIpc) is 3.62. The van der Waals surface area contributed by atoms with Crippen molar-refractivity contribution in [1.82, 2.24) is 4.90 Å². The van der Waals surface area contributed by atoms with Crippen LogP contribution in [0.4, 0.5) is 4.39 Å². The summed E-state index contributed by atoms with van der Waals surface area (Å²) >= 11 is 6.46. The van der Waals surface area contributed by atoms with Crippen LogP contribution in [-0.2, 0) is 27.2 Å². The molecule has 0 aromatic heterocycles. The fourth-order valence-corrected chi connectivity index (χ4v) is 13.4. The molecule has 0 spiro atoms. The van der Waals surface area contributed by atoms with Gasteiger partial charge in [0.15, 0.2) is 11.4 Å². The highest BCUT2D eigenvalue weighted by Crippen LogP contribution is 2.67. The zero-order valence-corrected chi connectivity index (χ0v) is 37.0. The van der Waals surface area contributed by atoms with Crippen LogP contribution in [0.3, 0.4) is 0 Å². The monoisotopic (exact) mass is 829 g/mol. The van der Waals surface area contributed by atoms with Gasteiger partial charge in [-0.05, 0) is 149 Å². The van der Waals surface area contributed by atoms with Crippen LogP contribution in [0.2, 0.25) is 5.02 Å². The lowest BCUT2D eigenvalue weighted by Gasteiger charge is -2.61. The number of carbonyl (C=O) groups excluding carboxylic acids is 3. The molecule has 10 rings (SSSR count). The van der Waals surface area contributed by atoms with E-state index < -0.39 is 39.4 Å². The Balaban J connectivity index is 1.20.